The molecule has 4 heteroatoms. The van der Waals surface area contributed by atoms with Crippen LogP contribution in [0.25, 0.3) is 0 Å². The molecule has 0 heterocycles. The second kappa shape index (κ2) is 5.99. The van der Waals surface area contributed by atoms with Crippen LogP contribution in [0.15, 0.2) is 5.16 Å². The van der Waals surface area contributed by atoms with Crippen LogP contribution < -0.4 is 0 Å². The molecule has 4 aliphatic rings. The molecule has 4 nitrogen and oxygen atoms in total. The average molecular weight is 347 g/mol. The van der Waals surface area contributed by atoms with Crippen LogP contribution in [-0.4, -0.2) is 23.0 Å². The average Bonchev–Trinajstić information content (AvgIpc) is 2.91. The number of carbonyl (C=O) groups is 1. The quantitative estimate of drug-likeness (QED) is 0.421. The molecule has 7 atom stereocenters. The normalized spacial score (nSPS) is 50.7. The van der Waals surface area contributed by atoms with Crippen molar-refractivity contribution in [2.45, 2.75) is 84.7 Å². The second-order valence-electron chi connectivity index (χ2n) is 9.70. The third-order valence-corrected chi connectivity index (χ3v) is 8.81. The van der Waals surface area contributed by atoms with E-state index < -0.39 is 0 Å². The standard InChI is InChI=1S/C21H33NO3/c1-13(23)25-15-8-10-20(2)14(12-15)4-5-16-17-6-7-19(22-24)21(17,3)11-9-18(16)20/h14-18,24H,4-12H2,1-3H3/b22-19-/t14-,15?,16?,17?,18?,20-,21-/m0/s1. The van der Waals surface area contributed by atoms with Crippen LogP contribution in [0.4, 0.5) is 0 Å². The van der Waals surface area contributed by atoms with E-state index in [1.807, 2.05) is 0 Å². The minimum Gasteiger partial charge on any atom is -0.463 e. The molecule has 4 aliphatic carbocycles. The highest BCUT2D eigenvalue weighted by Gasteiger charge is 2.59. The van der Waals surface area contributed by atoms with Crippen molar-refractivity contribution in [3.63, 3.8) is 0 Å². The van der Waals surface area contributed by atoms with E-state index in [2.05, 4.69) is 19.0 Å². The Bertz CT molecular complexity index is 588. The van der Waals surface area contributed by atoms with E-state index in [0.717, 1.165) is 36.8 Å². The molecular weight excluding hydrogens is 314 g/mol. The van der Waals surface area contributed by atoms with Gasteiger partial charge in [-0.25, -0.2) is 0 Å². The molecule has 0 aromatic rings. The third-order valence-electron chi connectivity index (χ3n) is 8.81. The van der Waals surface area contributed by atoms with Crippen LogP contribution in [0.1, 0.15) is 78.6 Å². The molecule has 25 heavy (non-hydrogen) atoms. The van der Waals surface area contributed by atoms with Crippen LogP contribution in [0.5, 0.6) is 0 Å². The maximum Gasteiger partial charge on any atom is 0.302 e. The monoisotopic (exact) mass is 347 g/mol. The molecule has 0 radical (unpaired) electrons. The molecule has 1 N–H and O–H groups in total. The molecule has 140 valence electrons. The summed E-state index contributed by atoms with van der Waals surface area (Å²) in [4.78, 5) is 11.3. The predicted octanol–water partition coefficient (Wildman–Crippen LogP) is 4.79. The highest BCUT2D eigenvalue weighted by Crippen LogP contribution is 2.65. The first-order valence-corrected chi connectivity index (χ1v) is 10.3. The number of fused-ring (bicyclic) bond motifs is 5. The molecule has 0 saturated heterocycles. The summed E-state index contributed by atoms with van der Waals surface area (Å²) in [7, 11) is 0. The lowest BCUT2D eigenvalue weighted by atomic mass is 9.45. The number of nitrogens with zero attached hydrogens (tertiary/aromatic N) is 1. The fraction of sp³-hybridized carbons (Fsp3) is 0.905. The number of rotatable bonds is 1. The molecule has 0 aromatic heterocycles. The number of oxime groups is 1. The maximum absolute atomic E-state index is 11.3. The third kappa shape index (κ3) is 2.54. The molecule has 0 aliphatic heterocycles. The lowest BCUT2D eigenvalue weighted by molar-refractivity contribution is -0.158. The first-order chi connectivity index (χ1) is 11.9. The van der Waals surface area contributed by atoms with Crippen LogP contribution >= 0.6 is 0 Å². The van der Waals surface area contributed by atoms with Crippen LogP contribution in [0, 0.1) is 34.5 Å². The molecule has 4 saturated carbocycles. The van der Waals surface area contributed by atoms with Gasteiger partial charge in [0.05, 0.1) is 5.71 Å². The van der Waals surface area contributed by atoms with Crippen molar-refractivity contribution in [1.82, 2.24) is 0 Å². The van der Waals surface area contributed by atoms with Gasteiger partial charge in [0.2, 0.25) is 0 Å². The van der Waals surface area contributed by atoms with Crippen molar-refractivity contribution in [3.8, 4) is 0 Å². The van der Waals surface area contributed by atoms with E-state index in [0.29, 0.717) is 17.3 Å². The minimum atomic E-state index is -0.127. The Morgan fingerprint density at radius 2 is 1.92 bits per heavy atom. The molecule has 4 fully saturated rings. The summed E-state index contributed by atoms with van der Waals surface area (Å²) in [5, 5.41) is 13.1. The van der Waals surface area contributed by atoms with Gasteiger partial charge in [-0.15, -0.1) is 0 Å². The lowest BCUT2D eigenvalue weighted by Crippen LogP contribution is -2.54. The Morgan fingerprint density at radius 3 is 2.64 bits per heavy atom. The molecule has 4 unspecified atom stereocenters. The summed E-state index contributed by atoms with van der Waals surface area (Å²) in [6.07, 6.45) is 10.6. The van der Waals surface area contributed by atoms with Gasteiger partial charge in [0, 0.05) is 12.3 Å². The predicted molar refractivity (Wildman–Crippen MR) is 96.5 cm³/mol. The topological polar surface area (TPSA) is 58.9 Å². The fourth-order valence-corrected chi connectivity index (χ4v) is 7.51. The number of hydrogen-bond acceptors (Lipinski definition) is 4. The van der Waals surface area contributed by atoms with E-state index in [1.165, 1.54) is 45.4 Å². The Hall–Kier alpha value is -1.06. The van der Waals surface area contributed by atoms with Crippen molar-refractivity contribution in [2.75, 3.05) is 0 Å². The summed E-state index contributed by atoms with van der Waals surface area (Å²) < 4.78 is 5.55. The summed E-state index contributed by atoms with van der Waals surface area (Å²) >= 11 is 0. The molecule has 4 rings (SSSR count). The van der Waals surface area contributed by atoms with Crippen molar-refractivity contribution in [3.05, 3.63) is 0 Å². The molecule has 0 spiro atoms. The van der Waals surface area contributed by atoms with E-state index in [4.69, 9.17) is 4.74 Å². The van der Waals surface area contributed by atoms with Gasteiger partial charge in [0.15, 0.2) is 0 Å². The zero-order chi connectivity index (χ0) is 17.8. The van der Waals surface area contributed by atoms with Crippen molar-refractivity contribution in [1.29, 1.82) is 0 Å². The summed E-state index contributed by atoms with van der Waals surface area (Å²) in [6, 6.07) is 0. The van der Waals surface area contributed by atoms with Gasteiger partial charge in [-0.3, -0.25) is 4.79 Å². The summed E-state index contributed by atoms with van der Waals surface area (Å²) in [5.74, 6) is 2.84. The summed E-state index contributed by atoms with van der Waals surface area (Å²) in [6.45, 7) is 6.41. The number of esters is 1. The van der Waals surface area contributed by atoms with Crippen molar-refractivity contribution < 1.29 is 14.7 Å². The van der Waals surface area contributed by atoms with Gasteiger partial charge in [0.25, 0.3) is 0 Å². The first kappa shape index (κ1) is 17.4. The van der Waals surface area contributed by atoms with Crippen LogP contribution in [0.2, 0.25) is 0 Å². The number of ether oxygens (including phenoxy) is 1. The first-order valence-electron chi connectivity index (χ1n) is 10.3. The SMILES string of the molecule is CC(=O)OC1CC[C@]2(C)C3CC[C@]4(C)/C(=N\O)CCC4C3CC[C@H]2C1. The highest BCUT2D eigenvalue weighted by molar-refractivity contribution is 5.91. The van der Waals surface area contributed by atoms with Gasteiger partial charge in [0.1, 0.15) is 6.10 Å². The summed E-state index contributed by atoms with van der Waals surface area (Å²) in [5.41, 5.74) is 1.59. The zero-order valence-corrected chi connectivity index (χ0v) is 16.0. The van der Waals surface area contributed by atoms with Gasteiger partial charge in [-0.1, -0.05) is 19.0 Å². The van der Waals surface area contributed by atoms with E-state index in [9.17, 15) is 10.0 Å². The fourth-order valence-electron chi connectivity index (χ4n) is 7.51. The van der Waals surface area contributed by atoms with Gasteiger partial charge in [-0.05, 0) is 86.9 Å². The highest BCUT2D eigenvalue weighted by atomic mass is 16.5. The van der Waals surface area contributed by atoms with Crippen LogP contribution in [0.3, 0.4) is 0 Å². The Balaban J connectivity index is 1.55. The Morgan fingerprint density at radius 1 is 1.12 bits per heavy atom. The van der Waals surface area contributed by atoms with Gasteiger partial charge >= 0.3 is 5.97 Å². The van der Waals surface area contributed by atoms with Crippen molar-refractivity contribution >= 4 is 11.7 Å². The minimum absolute atomic E-state index is 0.127. The maximum atomic E-state index is 11.3. The van der Waals surface area contributed by atoms with Crippen molar-refractivity contribution in [2.24, 2.45) is 39.7 Å². The molecular formula is C21H33NO3. The Labute approximate surface area is 151 Å². The largest absolute Gasteiger partial charge is 0.463 e. The van der Waals surface area contributed by atoms with Gasteiger partial charge < -0.3 is 9.94 Å². The molecule has 0 bridgehead atoms. The number of carbonyl (C=O) groups excluding carboxylic acids is 1. The van der Waals surface area contributed by atoms with E-state index in [-0.39, 0.29) is 17.5 Å². The van der Waals surface area contributed by atoms with Crippen LogP contribution in [-0.2, 0) is 9.53 Å². The zero-order valence-electron chi connectivity index (χ0n) is 16.0. The Kier molecular flexibility index (Phi) is 4.16. The second-order valence-corrected chi connectivity index (χ2v) is 9.70. The van der Waals surface area contributed by atoms with Gasteiger partial charge in [-0.2, -0.15) is 0 Å². The van der Waals surface area contributed by atoms with E-state index >= 15 is 0 Å². The molecule has 0 aromatic carbocycles. The lowest BCUT2D eigenvalue weighted by Gasteiger charge is -2.60. The smallest absolute Gasteiger partial charge is 0.302 e. The molecule has 0 amide bonds. The number of hydrogen-bond donors (Lipinski definition) is 1. The van der Waals surface area contributed by atoms with E-state index in [1.54, 1.807) is 0 Å².